The van der Waals surface area contributed by atoms with E-state index in [4.69, 9.17) is 4.42 Å². The second kappa shape index (κ2) is 4.86. The third-order valence-corrected chi connectivity index (χ3v) is 3.11. The van der Waals surface area contributed by atoms with Crippen molar-refractivity contribution in [1.82, 2.24) is 5.32 Å². The predicted octanol–water partition coefficient (Wildman–Crippen LogP) is 3.96. The summed E-state index contributed by atoms with van der Waals surface area (Å²) in [6.45, 7) is 0.650. The van der Waals surface area contributed by atoms with Crippen LogP contribution in [-0.4, -0.2) is 7.05 Å². The van der Waals surface area contributed by atoms with Gasteiger partial charge >= 0.3 is 0 Å². The van der Waals surface area contributed by atoms with Crippen molar-refractivity contribution < 1.29 is 8.81 Å². The second-order valence-electron chi connectivity index (χ2n) is 4.49. The minimum atomic E-state index is -0.258. The van der Waals surface area contributed by atoms with E-state index in [1.54, 1.807) is 12.1 Å². The van der Waals surface area contributed by atoms with Crippen LogP contribution in [-0.2, 0) is 6.54 Å². The van der Waals surface area contributed by atoms with Crippen molar-refractivity contribution >= 4 is 11.0 Å². The fraction of sp³-hybridized carbons (Fsp3) is 0.125. The third-order valence-electron chi connectivity index (χ3n) is 3.11. The highest BCUT2D eigenvalue weighted by atomic mass is 19.1. The van der Waals surface area contributed by atoms with Crippen LogP contribution in [0.5, 0.6) is 0 Å². The SMILES string of the molecule is CNCc1ccc(-c2cc3ccccc3o2)c(F)c1. The molecule has 0 spiro atoms. The fourth-order valence-electron chi connectivity index (χ4n) is 2.19. The van der Waals surface area contributed by atoms with Gasteiger partial charge in [-0.3, -0.25) is 0 Å². The maximum Gasteiger partial charge on any atom is 0.138 e. The first-order chi connectivity index (χ1) is 9.28. The van der Waals surface area contributed by atoms with Crippen LogP contribution in [0.25, 0.3) is 22.3 Å². The van der Waals surface area contributed by atoms with Gasteiger partial charge in [0.25, 0.3) is 0 Å². The van der Waals surface area contributed by atoms with Crippen molar-refractivity contribution in [2.75, 3.05) is 7.05 Å². The Morgan fingerprint density at radius 3 is 2.68 bits per heavy atom. The van der Waals surface area contributed by atoms with Gasteiger partial charge in [0.05, 0.1) is 5.56 Å². The normalized spacial score (nSPS) is 11.1. The van der Waals surface area contributed by atoms with Crippen molar-refractivity contribution in [2.45, 2.75) is 6.54 Å². The predicted molar refractivity (Wildman–Crippen MR) is 74.4 cm³/mol. The van der Waals surface area contributed by atoms with E-state index >= 15 is 0 Å². The molecule has 19 heavy (non-hydrogen) atoms. The Morgan fingerprint density at radius 2 is 1.95 bits per heavy atom. The molecule has 0 bridgehead atoms. The molecule has 3 rings (SSSR count). The molecule has 0 aliphatic carbocycles. The first-order valence-corrected chi connectivity index (χ1v) is 6.20. The number of rotatable bonds is 3. The lowest BCUT2D eigenvalue weighted by atomic mass is 10.1. The number of hydrogen-bond donors (Lipinski definition) is 1. The minimum absolute atomic E-state index is 0.258. The largest absolute Gasteiger partial charge is 0.456 e. The van der Waals surface area contributed by atoms with Crippen LogP contribution < -0.4 is 5.32 Å². The van der Waals surface area contributed by atoms with Crippen LogP contribution in [0.4, 0.5) is 4.39 Å². The molecule has 2 aromatic carbocycles. The first-order valence-electron chi connectivity index (χ1n) is 6.20. The molecule has 0 aliphatic heterocycles. The van der Waals surface area contributed by atoms with Gasteiger partial charge in [-0.05, 0) is 36.9 Å². The molecule has 1 aromatic heterocycles. The summed E-state index contributed by atoms with van der Waals surface area (Å²) in [6, 6.07) is 14.8. The molecule has 1 N–H and O–H groups in total. The zero-order valence-electron chi connectivity index (χ0n) is 10.6. The lowest BCUT2D eigenvalue weighted by molar-refractivity contribution is 0.599. The van der Waals surface area contributed by atoms with Gasteiger partial charge in [-0.2, -0.15) is 0 Å². The number of hydrogen-bond acceptors (Lipinski definition) is 2. The molecule has 1 heterocycles. The van der Waals surface area contributed by atoms with E-state index in [-0.39, 0.29) is 5.82 Å². The third kappa shape index (κ3) is 2.25. The molecule has 96 valence electrons. The summed E-state index contributed by atoms with van der Waals surface area (Å²) in [5, 5.41) is 3.98. The monoisotopic (exact) mass is 255 g/mol. The zero-order valence-corrected chi connectivity index (χ0v) is 10.6. The van der Waals surface area contributed by atoms with Crippen LogP contribution in [0.1, 0.15) is 5.56 Å². The van der Waals surface area contributed by atoms with Crippen LogP contribution in [0.15, 0.2) is 52.9 Å². The van der Waals surface area contributed by atoms with Gasteiger partial charge in [-0.25, -0.2) is 4.39 Å². The molecule has 0 aliphatic rings. The number of halogens is 1. The molecular weight excluding hydrogens is 241 g/mol. The van der Waals surface area contributed by atoms with Gasteiger partial charge in [-0.1, -0.05) is 24.3 Å². The average molecular weight is 255 g/mol. The van der Waals surface area contributed by atoms with Crippen molar-refractivity contribution in [3.8, 4) is 11.3 Å². The van der Waals surface area contributed by atoms with E-state index in [0.717, 1.165) is 16.5 Å². The molecule has 0 atom stereocenters. The fourth-order valence-corrected chi connectivity index (χ4v) is 2.19. The van der Waals surface area contributed by atoms with Crippen molar-refractivity contribution in [3.63, 3.8) is 0 Å². The highest BCUT2D eigenvalue weighted by molar-refractivity contribution is 5.82. The number of fused-ring (bicyclic) bond motifs is 1. The van der Waals surface area contributed by atoms with E-state index in [9.17, 15) is 4.39 Å². The molecule has 0 amide bonds. The summed E-state index contributed by atoms with van der Waals surface area (Å²) in [4.78, 5) is 0. The smallest absolute Gasteiger partial charge is 0.138 e. The van der Waals surface area contributed by atoms with E-state index < -0.39 is 0 Å². The summed E-state index contributed by atoms with van der Waals surface area (Å²) < 4.78 is 19.8. The standard InChI is InChI=1S/C16H14FNO/c1-18-10-11-6-7-13(14(17)8-11)16-9-12-4-2-3-5-15(12)19-16/h2-9,18H,10H2,1H3. The summed E-state index contributed by atoms with van der Waals surface area (Å²) in [7, 11) is 1.84. The van der Waals surface area contributed by atoms with Crippen molar-refractivity contribution in [1.29, 1.82) is 0 Å². The van der Waals surface area contributed by atoms with E-state index in [1.165, 1.54) is 0 Å². The van der Waals surface area contributed by atoms with E-state index in [2.05, 4.69) is 5.32 Å². The van der Waals surface area contributed by atoms with Crippen LogP contribution in [0.2, 0.25) is 0 Å². The van der Waals surface area contributed by atoms with Gasteiger partial charge < -0.3 is 9.73 Å². The maximum absolute atomic E-state index is 14.1. The molecule has 0 radical (unpaired) electrons. The quantitative estimate of drug-likeness (QED) is 0.766. The van der Waals surface area contributed by atoms with Gasteiger partial charge in [0.15, 0.2) is 0 Å². The van der Waals surface area contributed by atoms with Gasteiger partial charge in [-0.15, -0.1) is 0 Å². The van der Waals surface area contributed by atoms with Crippen molar-refractivity contribution in [3.05, 3.63) is 59.9 Å². The van der Waals surface area contributed by atoms with E-state index in [1.807, 2.05) is 43.4 Å². The summed E-state index contributed by atoms with van der Waals surface area (Å²) in [5.74, 6) is 0.307. The van der Waals surface area contributed by atoms with Crippen LogP contribution in [0, 0.1) is 5.82 Å². The molecule has 0 unspecified atom stereocenters. The summed E-state index contributed by atoms with van der Waals surface area (Å²) in [6.07, 6.45) is 0. The highest BCUT2D eigenvalue weighted by Gasteiger charge is 2.11. The number of nitrogens with one attached hydrogen (secondary N) is 1. The lowest BCUT2D eigenvalue weighted by Crippen LogP contribution is -2.05. The molecule has 3 heteroatoms. The molecule has 0 saturated heterocycles. The zero-order chi connectivity index (χ0) is 13.2. The molecule has 2 nitrogen and oxygen atoms in total. The Hall–Kier alpha value is -2.13. The van der Waals surface area contributed by atoms with Crippen LogP contribution >= 0.6 is 0 Å². The summed E-state index contributed by atoms with van der Waals surface area (Å²) >= 11 is 0. The first kappa shape index (κ1) is 11.9. The molecule has 0 fully saturated rings. The summed E-state index contributed by atoms with van der Waals surface area (Å²) in [5.41, 5.74) is 2.19. The van der Waals surface area contributed by atoms with Crippen LogP contribution in [0.3, 0.4) is 0 Å². The van der Waals surface area contributed by atoms with Gasteiger partial charge in [0.1, 0.15) is 17.2 Å². The second-order valence-corrected chi connectivity index (χ2v) is 4.49. The Balaban J connectivity index is 2.05. The lowest BCUT2D eigenvalue weighted by Gasteiger charge is -2.03. The number of para-hydroxylation sites is 1. The number of furan rings is 1. The Morgan fingerprint density at radius 1 is 1.11 bits per heavy atom. The Bertz CT molecular complexity index is 685. The van der Waals surface area contributed by atoms with Gasteiger partial charge in [0.2, 0.25) is 0 Å². The Kier molecular flexibility index (Phi) is 3.05. The topological polar surface area (TPSA) is 25.2 Å². The average Bonchev–Trinajstić information content (AvgIpc) is 2.82. The Labute approximate surface area is 110 Å². The molecular formula is C16H14FNO. The molecule has 3 aromatic rings. The van der Waals surface area contributed by atoms with Crippen molar-refractivity contribution in [2.24, 2.45) is 0 Å². The number of benzene rings is 2. The van der Waals surface area contributed by atoms with E-state index in [0.29, 0.717) is 17.9 Å². The minimum Gasteiger partial charge on any atom is -0.456 e. The maximum atomic E-state index is 14.1. The van der Waals surface area contributed by atoms with Gasteiger partial charge in [0, 0.05) is 11.9 Å². The highest BCUT2D eigenvalue weighted by Crippen LogP contribution is 2.29. The molecule has 0 saturated carbocycles.